The van der Waals surface area contributed by atoms with Gasteiger partial charge in [-0.2, -0.15) is 0 Å². The van der Waals surface area contributed by atoms with Gasteiger partial charge in [-0.25, -0.2) is 0 Å². The van der Waals surface area contributed by atoms with E-state index in [4.69, 9.17) is 5.73 Å². The van der Waals surface area contributed by atoms with Crippen LogP contribution in [0.4, 0.5) is 5.69 Å². The molecule has 4 heteroatoms. The van der Waals surface area contributed by atoms with Crippen LogP contribution in [0.1, 0.15) is 45.1 Å². The molecule has 0 saturated heterocycles. The quantitative estimate of drug-likeness (QED) is 0.863. The number of hydrogen-bond acceptors (Lipinski definition) is 2. The second kappa shape index (κ2) is 8.11. The second-order valence-corrected chi connectivity index (χ2v) is 4.84. The summed E-state index contributed by atoms with van der Waals surface area (Å²) in [6.45, 7) is 6.18. The lowest BCUT2D eigenvalue weighted by atomic mass is 10.0. The standard InChI is InChI=1S/C14H22N2O.ClH/c1-10(2)12-5-4-6-13(9-12)16-14(17)8-7-11(3)15;/h4-6,9-11H,7-8,15H2,1-3H3,(H,16,17);1H. The molecule has 0 spiro atoms. The van der Waals surface area contributed by atoms with Gasteiger partial charge in [0.25, 0.3) is 0 Å². The van der Waals surface area contributed by atoms with Gasteiger partial charge >= 0.3 is 0 Å². The van der Waals surface area contributed by atoms with Crippen molar-refractivity contribution in [2.24, 2.45) is 5.73 Å². The Morgan fingerprint density at radius 1 is 1.33 bits per heavy atom. The molecule has 0 aliphatic carbocycles. The second-order valence-electron chi connectivity index (χ2n) is 4.84. The van der Waals surface area contributed by atoms with E-state index >= 15 is 0 Å². The van der Waals surface area contributed by atoms with E-state index in [1.54, 1.807) is 0 Å². The lowest BCUT2D eigenvalue weighted by Crippen LogP contribution is -2.19. The van der Waals surface area contributed by atoms with Crippen LogP contribution in [-0.2, 0) is 4.79 Å². The summed E-state index contributed by atoms with van der Waals surface area (Å²) >= 11 is 0. The number of halogens is 1. The molecule has 0 aromatic heterocycles. The fourth-order valence-electron chi connectivity index (χ4n) is 1.56. The number of amides is 1. The summed E-state index contributed by atoms with van der Waals surface area (Å²) in [6.07, 6.45) is 1.19. The average Bonchev–Trinajstić information content (AvgIpc) is 2.26. The SMILES string of the molecule is CC(N)CCC(=O)Nc1cccc(C(C)C)c1.Cl. The minimum absolute atomic E-state index is 0. The van der Waals surface area contributed by atoms with Crippen molar-refractivity contribution >= 4 is 24.0 Å². The van der Waals surface area contributed by atoms with Gasteiger partial charge < -0.3 is 11.1 Å². The lowest BCUT2D eigenvalue weighted by Gasteiger charge is -2.10. The van der Waals surface area contributed by atoms with Gasteiger partial charge in [-0.05, 0) is 37.0 Å². The van der Waals surface area contributed by atoms with Gasteiger partial charge in [-0.15, -0.1) is 12.4 Å². The highest BCUT2D eigenvalue weighted by Crippen LogP contribution is 2.18. The first-order valence-corrected chi connectivity index (χ1v) is 6.14. The monoisotopic (exact) mass is 270 g/mol. The molecule has 1 atom stereocenters. The van der Waals surface area contributed by atoms with Crippen molar-refractivity contribution in [2.45, 2.75) is 45.6 Å². The van der Waals surface area contributed by atoms with E-state index in [-0.39, 0.29) is 24.4 Å². The Balaban J connectivity index is 0.00000289. The molecule has 0 heterocycles. The van der Waals surface area contributed by atoms with Crippen molar-refractivity contribution < 1.29 is 4.79 Å². The molecule has 0 bridgehead atoms. The molecule has 1 amide bonds. The largest absolute Gasteiger partial charge is 0.328 e. The van der Waals surface area contributed by atoms with Crippen LogP contribution in [0.15, 0.2) is 24.3 Å². The van der Waals surface area contributed by atoms with E-state index in [0.717, 1.165) is 12.1 Å². The Labute approximate surface area is 116 Å². The number of nitrogens with two attached hydrogens (primary N) is 1. The van der Waals surface area contributed by atoms with Gasteiger partial charge in [0.15, 0.2) is 0 Å². The van der Waals surface area contributed by atoms with E-state index in [9.17, 15) is 4.79 Å². The van der Waals surface area contributed by atoms with Gasteiger partial charge in [-0.1, -0.05) is 26.0 Å². The zero-order chi connectivity index (χ0) is 12.8. The van der Waals surface area contributed by atoms with Crippen LogP contribution >= 0.6 is 12.4 Å². The summed E-state index contributed by atoms with van der Waals surface area (Å²) in [5.41, 5.74) is 7.72. The predicted octanol–water partition coefficient (Wildman–Crippen LogP) is 3.30. The maximum Gasteiger partial charge on any atom is 0.224 e. The first-order chi connectivity index (χ1) is 7.99. The number of benzene rings is 1. The summed E-state index contributed by atoms with van der Waals surface area (Å²) in [7, 11) is 0. The molecule has 3 N–H and O–H groups in total. The normalized spacial score (nSPS) is 11.8. The minimum atomic E-state index is 0. The Kier molecular flexibility index (Phi) is 7.64. The van der Waals surface area contributed by atoms with E-state index in [2.05, 4.69) is 25.2 Å². The Morgan fingerprint density at radius 3 is 2.56 bits per heavy atom. The predicted molar refractivity (Wildman–Crippen MR) is 79.3 cm³/mol. The maximum absolute atomic E-state index is 11.6. The molecule has 18 heavy (non-hydrogen) atoms. The highest BCUT2D eigenvalue weighted by molar-refractivity contribution is 5.90. The zero-order valence-corrected chi connectivity index (χ0v) is 12.1. The molecule has 1 aromatic rings. The molecule has 1 rings (SSSR count). The smallest absolute Gasteiger partial charge is 0.224 e. The van der Waals surface area contributed by atoms with Crippen LogP contribution in [0, 0.1) is 0 Å². The molecule has 0 aliphatic rings. The molecule has 102 valence electrons. The summed E-state index contributed by atoms with van der Waals surface area (Å²) in [4.78, 5) is 11.6. The van der Waals surface area contributed by atoms with Gasteiger partial charge in [0.05, 0.1) is 0 Å². The zero-order valence-electron chi connectivity index (χ0n) is 11.3. The summed E-state index contributed by atoms with van der Waals surface area (Å²) < 4.78 is 0. The molecular weight excluding hydrogens is 248 g/mol. The van der Waals surface area contributed by atoms with Crippen LogP contribution in [0.25, 0.3) is 0 Å². The lowest BCUT2D eigenvalue weighted by molar-refractivity contribution is -0.116. The minimum Gasteiger partial charge on any atom is -0.328 e. The third-order valence-electron chi connectivity index (χ3n) is 2.66. The van der Waals surface area contributed by atoms with Crippen molar-refractivity contribution in [3.63, 3.8) is 0 Å². The Morgan fingerprint density at radius 2 is 2.00 bits per heavy atom. The van der Waals surface area contributed by atoms with Crippen molar-refractivity contribution in [1.82, 2.24) is 0 Å². The van der Waals surface area contributed by atoms with Crippen LogP contribution in [0.3, 0.4) is 0 Å². The number of hydrogen-bond donors (Lipinski definition) is 2. The third kappa shape index (κ3) is 6.03. The van der Waals surface area contributed by atoms with Gasteiger partial charge in [0.1, 0.15) is 0 Å². The van der Waals surface area contributed by atoms with Gasteiger partial charge in [0, 0.05) is 18.2 Å². The fraction of sp³-hybridized carbons (Fsp3) is 0.500. The number of carbonyl (C=O) groups excluding carboxylic acids is 1. The van der Waals surface area contributed by atoms with E-state index in [1.807, 2.05) is 25.1 Å². The highest BCUT2D eigenvalue weighted by atomic mass is 35.5. The number of rotatable bonds is 5. The van der Waals surface area contributed by atoms with Crippen LogP contribution < -0.4 is 11.1 Å². The van der Waals surface area contributed by atoms with Gasteiger partial charge in [-0.3, -0.25) is 4.79 Å². The summed E-state index contributed by atoms with van der Waals surface area (Å²) in [6, 6.07) is 8.05. The average molecular weight is 271 g/mol. The fourth-order valence-corrected chi connectivity index (χ4v) is 1.56. The molecule has 1 unspecified atom stereocenters. The third-order valence-corrected chi connectivity index (χ3v) is 2.66. The van der Waals surface area contributed by atoms with Crippen molar-refractivity contribution in [3.05, 3.63) is 29.8 Å². The molecule has 0 saturated carbocycles. The van der Waals surface area contributed by atoms with Crippen LogP contribution in [0.2, 0.25) is 0 Å². The molecule has 0 fully saturated rings. The molecule has 0 radical (unpaired) electrons. The molecule has 0 aliphatic heterocycles. The van der Waals surface area contributed by atoms with Gasteiger partial charge in [0.2, 0.25) is 5.91 Å². The highest BCUT2D eigenvalue weighted by Gasteiger charge is 2.05. The molecular formula is C14H23ClN2O. The van der Waals surface area contributed by atoms with E-state index < -0.39 is 0 Å². The summed E-state index contributed by atoms with van der Waals surface area (Å²) in [5, 5.41) is 2.90. The molecule has 3 nitrogen and oxygen atoms in total. The first-order valence-electron chi connectivity index (χ1n) is 6.14. The van der Waals surface area contributed by atoms with E-state index in [1.165, 1.54) is 5.56 Å². The van der Waals surface area contributed by atoms with E-state index in [0.29, 0.717) is 12.3 Å². The first kappa shape index (κ1) is 16.9. The van der Waals surface area contributed by atoms with Crippen molar-refractivity contribution in [1.29, 1.82) is 0 Å². The maximum atomic E-state index is 11.6. The number of anilines is 1. The molecule has 1 aromatic carbocycles. The van der Waals surface area contributed by atoms with Crippen molar-refractivity contribution in [2.75, 3.05) is 5.32 Å². The Bertz CT molecular complexity index is 378. The van der Waals surface area contributed by atoms with Crippen molar-refractivity contribution in [3.8, 4) is 0 Å². The van der Waals surface area contributed by atoms with Crippen LogP contribution in [0.5, 0.6) is 0 Å². The summed E-state index contributed by atoms with van der Waals surface area (Å²) in [5.74, 6) is 0.499. The Hall–Kier alpha value is -1.06. The van der Waals surface area contributed by atoms with Crippen LogP contribution in [-0.4, -0.2) is 11.9 Å². The number of nitrogens with one attached hydrogen (secondary N) is 1. The topological polar surface area (TPSA) is 55.1 Å². The number of carbonyl (C=O) groups is 1.